The van der Waals surface area contributed by atoms with E-state index in [4.69, 9.17) is 39.9 Å². The highest BCUT2D eigenvalue weighted by Gasteiger charge is 2.40. The van der Waals surface area contributed by atoms with Gasteiger partial charge in [-0.2, -0.15) is 54.8 Å². The molecule has 0 atom stereocenters. The lowest BCUT2D eigenvalue weighted by Gasteiger charge is -2.25. The summed E-state index contributed by atoms with van der Waals surface area (Å²) in [6.45, 7) is 1.37. The van der Waals surface area contributed by atoms with Gasteiger partial charge in [-0.05, 0) is 60.4 Å². The summed E-state index contributed by atoms with van der Waals surface area (Å²) in [5.41, 5.74) is -1.83. The molecular formula is C52H34Cl3F9N16O4S2. The molecule has 13 heterocycles. The number of carbonyl (C=O) groups excluding carboxylic acids is 2. The fourth-order valence-corrected chi connectivity index (χ4v) is 11.4. The van der Waals surface area contributed by atoms with Crippen molar-refractivity contribution in [2.24, 2.45) is 0 Å². The van der Waals surface area contributed by atoms with E-state index >= 15 is 0 Å². The predicted molar refractivity (Wildman–Crippen MR) is 297 cm³/mol. The van der Waals surface area contributed by atoms with E-state index in [9.17, 15) is 53.9 Å². The van der Waals surface area contributed by atoms with Gasteiger partial charge >= 0.3 is 24.5 Å². The monoisotopic (exact) mass is 1290 g/mol. The number of aromatic carboxylic acids is 1. The number of amides is 2. The zero-order valence-electron chi connectivity index (χ0n) is 43.0. The van der Waals surface area contributed by atoms with Crippen molar-refractivity contribution < 1.29 is 59.0 Å². The fraction of sp³-hybridized carbons (Fsp3) is 0.173. The summed E-state index contributed by atoms with van der Waals surface area (Å²) >= 11 is 21.6. The van der Waals surface area contributed by atoms with Gasteiger partial charge in [0, 0.05) is 103 Å². The number of aromatic amines is 3. The zero-order valence-corrected chi connectivity index (χ0v) is 46.9. The number of alkyl halides is 9. The number of aromatic nitrogens is 14. The lowest BCUT2D eigenvalue weighted by Crippen LogP contribution is -2.35. The molecule has 2 amide bonds. The van der Waals surface area contributed by atoms with Crippen LogP contribution >= 0.6 is 57.5 Å². The number of carboxylic acids is 1. The largest absolute Gasteiger partial charge is 0.476 e. The van der Waals surface area contributed by atoms with Gasteiger partial charge in [0.2, 0.25) is 0 Å². The fourth-order valence-electron chi connectivity index (χ4n) is 9.24. The summed E-state index contributed by atoms with van der Waals surface area (Å²) in [6.07, 6.45) is 2.59. The number of pyridine rings is 3. The van der Waals surface area contributed by atoms with E-state index in [2.05, 4.69) is 55.5 Å². The molecule has 86 heavy (non-hydrogen) atoms. The lowest BCUT2D eigenvalue weighted by molar-refractivity contribution is -0.137. The number of nitrogens with zero attached hydrogens (tertiary/aromatic N) is 13. The van der Waals surface area contributed by atoms with Crippen molar-refractivity contribution in [2.45, 2.75) is 31.4 Å². The van der Waals surface area contributed by atoms with Gasteiger partial charge in [0.15, 0.2) is 34.0 Å². The Morgan fingerprint density at radius 1 is 0.512 bits per heavy atom. The van der Waals surface area contributed by atoms with Crippen LogP contribution in [0.2, 0.25) is 15.5 Å². The SMILES string of the molecule is O=C(O)c1nc2c(C(F)(F)F)cc(-c3ccn[nH]3)cn2c1Cl.O=C(c1nc2c(C(F)(F)F)cc(-c3ccn[nH]3)cn2c1Cl)N1CC=C(c2nccs2)CC1.O=C(c1nc2c(C(F)(F)F)cc(-c3ccn[nH]3)cn2c1Cl)N1CC=C(c2nccs2)CC1. The van der Waals surface area contributed by atoms with E-state index in [1.807, 2.05) is 22.9 Å². The summed E-state index contributed by atoms with van der Waals surface area (Å²) in [5.74, 6) is -2.56. The molecule has 11 aromatic heterocycles. The topological polar surface area (TPSA) is 242 Å². The van der Waals surface area contributed by atoms with Crippen LogP contribution in [-0.4, -0.2) is 128 Å². The first kappa shape index (κ1) is 58.8. The number of hydrogen-bond acceptors (Lipinski definition) is 13. The molecule has 0 aromatic carbocycles. The molecule has 442 valence electrons. The standard InChI is InChI=1S/2C20H14ClF3N6OS.C12H6ClF3N4O2/c2*21-16-15(19(31)29-6-2-11(3-7-29)18-25-5-8-32-18)27-17-13(20(22,23)24)9-12(10-30(16)17)14-1-4-26-28-14;13-9-8(11(21)22)18-10-6(12(14,15)16)3-5(4-20(9)10)7-1-2-17-19-7/h2*1-2,4-5,8-10H,3,6-7H2,(H,26,28);1-4H,(H,17,19)(H,21,22). The lowest BCUT2D eigenvalue weighted by atomic mass is 10.1. The van der Waals surface area contributed by atoms with Gasteiger partial charge in [-0.3, -0.25) is 38.1 Å². The minimum Gasteiger partial charge on any atom is -0.476 e. The van der Waals surface area contributed by atoms with Crippen LogP contribution in [0.1, 0.15) is 71.0 Å². The molecule has 0 saturated carbocycles. The maximum Gasteiger partial charge on any atom is 0.420 e. The van der Waals surface area contributed by atoms with Crippen molar-refractivity contribution in [1.82, 2.24) is 78.5 Å². The van der Waals surface area contributed by atoms with Crippen molar-refractivity contribution >= 4 is 103 Å². The molecule has 4 N–H and O–H groups in total. The Labute approximate surface area is 497 Å². The molecule has 2 aliphatic rings. The number of nitrogens with one attached hydrogen (secondary N) is 3. The van der Waals surface area contributed by atoms with Crippen LogP contribution in [-0.2, 0) is 18.5 Å². The van der Waals surface area contributed by atoms with Crippen LogP contribution in [0, 0.1) is 0 Å². The number of rotatable bonds is 8. The van der Waals surface area contributed by atoms with Crippen LogP contribution in [0.4, 0.5) is 39.5 Å². The zero-order chi connectivity index (χ0) is 61.0. The highest BCUT2D eigenvalue weighted by Crippen LogP contribution is 2.41. The number of fused-ring (bicyclic) bond motifs is 3. The summed E-state index contributed by atoms with van der Waals surface area (Å²) < 4.78 is 125. The van der Waals surface area contributed by atoms with Crippen LogP contribution in [0.25, 0.3) is 61.9 Å². The third-order valence-corrected chi connectivity index (χ3v) is 16.1. The van der Waals surface area contributed by atoms with Crippen LogP contribution < -0.4 is 0 Å². The Morgan fingerprint density at radius 3 is 1.12 bits per heavy atom. The Bertz CT molecular complexity index is 4200. The van der Waals surface area contributed by atoms with Crippen molar-refractivity contribution in [2.75, 3.05) is 26.2 Å². The smallest absolute Gasteiger partial charge is 0.420 e. The average molecular weight is 1290 g/mol. The highest BCUT2D eigenvalue weighted by molar-refractivity contribution is 7.11. The number of H-pyrrole nitrogens is 3. The van der Waals surface area contributed by atoms with Gasteiger partial charge in [-0.1, -0.05) is 47.0 Å². The van der Waals surface area contributed by atoms with Gasteiger partial charge in [0.1, 0.15) is 25.5 Å². The Morgan fingerprint density at radius 2 is 0.849 bits per heavy atom. The molecule has 0 fully saturated rings. The Balaban J connectivity index is 0.000000137. The number of hydrogen-bond donors (Lipinski definition) is 4. The normalized spacial score (nSPS) is 14.0. The third kappa shape index (κ3) is 11.7. The Hall–Kier alpha value is -8.91. The quantitative estimate of drug-likeness (QED) is 0.104. The first-order valence-corrected chi connectivity index (χ1v) is 27.7. The maximum absolute atomic E-state index is 13.8. The molecule has 0 saturated heterocycles. The number of carboxylic acid groups (broad SMARTS) is 1. The van der Waals surface area contributed by atoms with Crippen LogP contribution in [0.15, 0.2) is 109 Å². The average Bonchev–Trinajstić information content (AvgIpc) is 1.98. The van der Waals surface area contributed by atoms with Crippen LogP contribution in [0.5, 0.6) is 0 Å². The van der Waals surface area contributed by atoms with E-state index in [1.165, 1.54) is 75.7 Å². The molecule has 0 radical (unpaired) electrons. The predicted octanol–water partition coefficient (Wildman–Crippen LogP) is 12.7. The number of halogens is 12. The summed E-state index contributed by atoms with van der Waals surface area (Å²) in [4.78, 5) is 60.2. The summed E-state index contributed by atoms with van der Waals surface area (Å²) in [6, 6.07) is 7.34. The molecule has 0 spiro atoms. The summed E-state index contributed by atoms with van der Waals surface area (Å²) in [5, 5.41) is 32.8. The number of carbonyl (C=O) groups is 3. The molecule has 2 aliphatic heterocycles. The molecular weight excluding hydrogens is 1250 g/mol. The molecule has 13 rings (SSSR count). The van der Waals surface area contributed by atoms with Gasteiger partial charge in [-0.15, -0.1) is 22.7 Å². The third-order valence-electron chi connectivity index (χ3n) is 13.4. The minimum absolute atomic E-state index is 0.147. The maximum atomic E-state index is 13.8. The second kappa shape index (κ2) is 23.2. The Kier molecular flexibility index (Phi) is 15.9. The van der Waals surface area contributed by atoms with E-state index in [1.54, 1.807) is 24.5 Å². The second-order valence-corrected chi connectivity index (χ2v) is 21.5. The first-order chi connectivity index (χ1) is 40.9. The van der Waals surface area contributed by atoms with Crippen molar-refractivity contribution in [1.29, 1.82) is 0 Å². The number of thiazole rings is 2. The van der Waals surface area contributed by atoms with Gasteiger partial charge in [0.05, 0.1) is 33.8 Å². The molecule has 20 nitrogen and oxygen atoms in total. The molecule has 0 unspecified atom stereocenters. The number of imidazole rings is 3. The molecule has 34 heteroatoms. The molecule has 0 aliphatic carbocycles. The van der Waals surface area contributed by atoms with E-state index in [0.29, 0.717) is 56.1 Å². The molecule has 0 bridgehead atoms. The van der Waals surface area contributed by atoms with Gasteiger partial charge in [0.25, 0.3) is 11.8 Å². The van der Waals surface area contributed by atoms with Crippen molar-refractivity contribution in [3.05, 3.63) is 168 Å². The summed E-state index contributed by atoms with van der Waals surface area (Å²) in [7, 11) is 0. The van der Waals surface area contributed by atoms with Gasteiger partial charge < -0.3 is 14.9 Å². The van der Waals surface area contributed by atoms with Crippen molar-refractivity contribution in [3.63, 3.8) is 0 Å². The van der Waals surface area contributed by atoms with E-state index in [0.717, 1.165) is 52.6 Å². The van der Waals surface area contributed by atoms with Crippen molar-refractivity contribution in [3.8, 4) is 33.8 Å². The first-order valence-electron chi connectivity index (χ1n) is 24.8. The second-order valence-electron chi connectivity index (χ2n) is 18.6. The highest BCUT2D eigenvalue weighted by atomic mass is 35.5. The van der Waals surface area contributed by atoms with E-state index in [-0.39, 0.29) is 38.4 Å². The van der Waals surface area contributed by atoms with Crippen LogP contribution in [0.3, 0.4) is 0 Å². The van der Waals surface area contributed by atoms with Gasteiger partial charge in [-0.25, -0.2) is 29.7 Å². The van der Waals surface area contributed by atoms with E-state index < -0.39 is 80.8 Å². The minimum atomic E-state index is -4.72. The molecule has 11 aromatic rings.